The number of carbonyl (C=O) groups excluding carboxylic acids is 2. The van der Waals surface area contributed by atoms with Crippen LogP contribution in [0, 0.1) is 5.92 Å². The molecule has 88 valence electrons. The van der Waals surface area contributed by atoms with E-state index < -0.39 is 22.7 Å². The van der Waals surface area contributed by atoms with Gasteiger partial charge in [0.25, 0.3) is 0 Å². The monoisotopic (exact) mass is 256 g/mol. The van der Waals surface area contributed by atoms with E-state index in [0.29, 0.717) is 0 Å². The first kappa shape index (κ1) is 14.5. The Morgan fingerprint density at radius 1 is 1.07 bits per heavy atom. The molecule has 0 fully saturated rings. The zero-order valence-electron chi connectivity index (χ0n) is 8.66. The number of alkyl halides is 2. The van der Waals surface area contributed by atoms with E-state index >= 15 is 0 Å². The van der Waals surface area contributed by atoms with Crippen LogP contribution in [-0.2, 0) is 19.1 Å². The Labute approximate surface area is 98.8 Å². The fourth-order valence-corrected chi connectivity index (χ4v) is 1.31. The molecular weight excluding hydrogens is 243 g/mol. The van der Waals surface area contributed by atoms with Gasteiger partial charge in [0.1, 0.15) is 4.84 Å². The van der Waals surface area contributed by atoms with Crippen LogP contribution in [0.1, 0.15) is 20.3 Å². The second kappa shape index (κ2) is 7.77. The highest BCUT2D eigenvalue weighted by molar-refractivity contribution is 6.44. The summed E-state index contributed by atoms with van der Waals surface area (Å²) in [6.45, 7) is 3.70. The Morgan fingerprint density at radius 2 is 1.47 bits per heavy atom. The van der Waals surface area contributed by atoms with Crippen molar-refractivity contribution in [2.24, 2.45) is 5.92 Å². The molecule has 15 heavy (non-hydrogen) atoms. The van der Waals surface area contributed by atoms with E-state index in [1.165, 1.54) is 0 Å². The molecule has 0 saturated heterocycles. The molecule has 0 heterocycles. The molecule has 0 radical (unpaired) electrons. The van der Waals surface area contributed by atoms with Crippen LogP contribution in [0.2, 0.25) is 0 Å². The lowest BCUT2D eigenvalue weighted by Gasteiger charge is -2.14. The van der Waals surface area contributed by atoms with Gasteiger partial charge in [0, 0.05) is 6.42 Å². The van der Waals surface area contributed by atoms with E-state index in [9.17, 15) is 9.59 Å². The van der Waals surface area contributed by atoms with Gasteiger partial charge in [-0.3, -0.25) is 9.59 Å². The van der Waals surface area contributed by atoms with Crippen molar-refractivity contribution in [3.63, 3.8) is 0 Å². The second-order valence-corrected chi connectivity index (χ2v) is 3.96. The van der Waals surface area contributed by atoms with Gasteiger partial charge in [0.15, 0.2) is 5.92 Å². The fraction of sp³-hybridized carbons (Fsp3) is 0.778. The van der Waals surface area contributed by atoms with E-state index in [1.807, 2.05) is 0 Å². The van der Waals surface area contributed by atoms with Crippen LogP contribution >= 0.6 is 23.2 Å². The van der Waals surface area contributed by atoms with Crippen molar-refractivity contribution in [3.05, 3.63) is 0 Å². The van der Waals surface area contributed by atoms with Crippen LogP contribution in [0.25, 0.3) is 0 Å². The summed E-state index contributed by atoms with van der Waals surface area (Å²) in [5.41, 5.74) is 0. The lowest BCUT2D eigenvalue weighted by Crippen LogP contribution is -2.29. The minimum absolute atomic E-state index is 0.000772. The van der Waals surface area contributed by atoms with Gasteiger partial charge in [-0.2, -0.15) is 0 Å². The number of esters is 2. The van der Waals surface area contributed by atoms with Gasteiger partial charge in [0.2, 0.25) is 0 Å². The molecule has 0 amide bonds. The number of hydrogen-bond donors (Lipinski definition) is 0. The Kier molecular flexibility index (Phi) is 7.52. The predicted octanol–water partition coefficient (Wildman–Crippen LogP) is 1.92. The summed E-state index contributed by atoms with van der Waals surface area (Å²) in [5.74, 6) is -2.34. The molecule has 0 aliphatic carbocycles. The maximum atomic E-state index is 11.4. The summed E-state index contributed by atoms with van der Waals surface area (Å²) < 4.78 is 9.43. The van der Waals surface area contributed by atoms with Crippen molar-refractivity contribution in [2.45, 2.75) is 25.1 Å². The molecule has 6 heteroatoms. The molecule has 0 aliphatic rings. The van der Waals surface area contributed by atoms with Crippen molar-refractivity contribution < 1.29 is 19.1 Å². The standard InChI is InChI=1S/C9H14Cl2O4/c1-3-14-8(12)6(5-7(10)11)9(13)15-4-2/h6-7H,3-5H2,1-2H3. The zero-order valence-corrected chi connectivity index (χ0v) is 10.2. The van der Waals surface area contributed by atoms with Crippen molar-refractivity contribution in [1.29, 1.82) is 0 Å². The molecule has 0 aromatic heterocycles. The van der Waals surface area contributed by atoms with Gasteiger partial charge < -0.3 is 9.47 Å². The van der Waals surface area contributed by atoms with Crippen LogP contribution in [-0.4, -0.2) is 30.0 Å². The Bertz CT molecular complexity index is 200. The molecule has 4 nitrogen and oxygen atoms in total. The van der Waals surface area contributed by atoms with Crippen molar-refractivity contribution in [3.8, 4) is 0 Å². The van der Waals surface area contributed by atoms with E-state index in [0.717, 1.165) is 0 Å². The normalized spacial score (nSPS) is 10.5. The molecule has 0 aliphatic heterocycles. The lowest BCUT2D eigenvalue weighted by molar-refractivity contribution is -0.161. The van der Waals surface area contributed by atoms with E-state index in [1.54, 1.807) is 13.8 Å². The van der Waals surface area contributed by atoms with Gasteiger partial charge in [-0.25, -0.2) is 0 Å². The van der Waals surface area contributed by atoms with Gasteiger partial charge in [-0.1, -0.05) is 0 Å². The van der Waals surface area contributed by atoms with Gasteiger partial charge in [-0.15, -0.1) is 23.2 Å². The van der Waals surface area contributed by atoms with Crippen molar-refractivity contribution >= 4 is 35.1 Å². The van der Waals surface area contributed by atoms with Gasteiger partial charge in [-0.05, 0) is 13.8 Å². The lowest BCUT2D eigenvalue weighted by atomic mass is 10.1. The molecule has 0 aromatic rings. The van der Waals surface area contributed by atoms with Crippen LogP contribution in [0.15, 0.2) is 0 Å². The van der Waals surface area contributed by atoms with E-state index in [4.69, 9.17) is 32.7 Å². The van der Waals surface area contributed by atoms with Crippen LogP contribution in [0.4, 0.5) is 0 Å². The maximum Gasteiger partial charge on any atom is 0.320 e. The second-order valence-electron chi connectivity index (χ2n) is 2.68. The summed E-state index contributed by atoms with van der Waals surface area (Å²) >= 11 is 11.0. The third kappa shape index (κ3) is 5.85. The number of halogens is 2. The third-order valence-corrected chi connectivity index (χ3v) is 1.91. The van der Waals surface area contributed by atoms with Crippen molar-refractivity contribution in [1.82, 2.24) is 0 Å². The van der Waals surface area contributed by atoms with Gasteiger partial charge in [0.05, 0.1) is 13.2 Å². The number of carbonyl (C=O) groups is 2. The maximum absolute atomic E-state index is 11.4. The average Bonchev–Trinajstić information content (AvgIpc) is 2.14. The Morgan fingerprint density at radius 3 is 1.73 bits per heavy atom. The highest BCUT2D eigenvalue weighted by Gasteiger charge is 2.31. The summed E-state index contributed by atoms with van der Waals surface area (Å²) in [6, 6.07) is 0. The van der Waals surface area contributed by atoms with Gasteiger partial charge >= 0.3 is 11.9 Å². The summed E-state index contributed by atoms with van der Waals surface area (Å²) in [4.78, 5) is 21.9. The SMILES string of the molecule is CCOC(=O)C(CC(Cl)Cl)C(=O)OCC. The largest absolute Gasteiger partial charge is 0.465 e. The Balaban J connectivity index is 4.42. The molecule has 0 bridgehead atoms. The first-order valence-electron chi connectivity index (χ1n) is 4.64. The molecule has 0 N–H and O–H groups in total. The topological polar surface area (TPSA) is 52.6 Å². The van der Waals surface area contributed by atoms with Crippen molar-refractivity contribution in [2.75, 3.05) is 13.2 Å². The zero-order chi connectivity index (χ0) is 11.8. The highest BCUT2D eigenvalue weighted by atomic mass is 35.5. The quantitative estimate of drug-likeness (QED) is 0.414. The minimum atomic E-state index is -1.04. The van der Waals surface area contributed by atoms with Crippen LogP contribution < -0.4 is 0 Å². The number of ether oxygens (including phenoxy) is 2. The summed E-state index contributed by atoms with van der Waals surface area (Å²) in [5, 5.41) is 0. The smallest absolute Gasteiger partial charge is 0.320 e. The first-order valence-corrected chi connectivity index (χ1v) is 5.51. The molecule has 0 rings (SSSR count). The molecule has 0 spiro atoms. The fourth-order valence-electron chi connectivity index (χ4n) is 0.953. The molecular formula is C9H14Cl2O4. The first-order chi connectivity index (χ1) is 7.02. The van der Waals surface area contributed by atoms with E-state index in [-0.39, 0.29) is 19.6 Å². The number of hydrogen-bond acceptors (Lipinski definition) is 4. The molecule has 0 saturated carbocycles. The Hall–Kier alpha value is -0.480. The molecule has 0 unspecified atom stereocenters. The van der Waals surface area contributed by atoms with E-state index in [2.05, 4.69) is 0 Å². The average molecular weight is 257 g/mol. The van der Waals surface area contributed by atoms with Crippen LogP contribution in [0.5, 0.6) is 0 Å². The highest BCUT2D eigenvalue weighted by Crippen LogP contribution is 2.18. The summed E-state index contributed by atoms with van der Waals surface area (Å²) in [7, 11) is 0. The third-order valence-electron chi connectivity index (χ3n) is 1.56. The molecule has 0 aromatic carbocycles. The molecule has 0 atom stereocenters. The number of rotatable bonds is 6. The predicted molar refractivity (Wildman–Crippen MR) is 56.9 cm³/mol. The summed E-state index contributed by atoms with van der Waals surface area (Å²) in [6.07, 6.45) is 0.000772. The van der Waals surface area contributed by atoms with Crippen LogP contribution in [0.3, 0.4) is 0 Å². The minimum Gasteiger partial charge on any atom is -0.465 e.